The molecule has 1 heterocycles. The van der Waals surface area contributed by atoms with E-state index >= 15 is 0 Å². The molecule has 3 rings (SSSR count). The van der Waals surface area contributed by atoms with Crippen LogP contribution in [-0.2, 0) is 0 Å². The molecule has 0 bridgehead atoms. The Labute approximate surface area is 171 Å². The molecule has 142 valence electrons. The van der Waals surface area contributed by atoms with Crippen molar-refractivity contribution in [1.29, 1.82) is 5.26 Å². The van der Waals surface area contributed by atoms with Gasteiger partial charge in [0, 0.05) is 37.3 Å². The lowest BCUT2D eigenvalue weighted by molar-refractivity contribution is 0.491. The van der Waals surface area contributed by atoms with Gasteiger partial charge >= 0.3 is 0 Å². The zero-order chi connectivity index (χ0) is 20.3. The molecule has 0 fully saturated rings. The molecule has 0 aliphatic rings. The Morgan fingerprint density at radius 3 is 2.79 bits per heavy atom. The third-order valence-electron chi connectivity index (χ3n) is 3.75. The van der Waals surface area contributed by atoms with Gasteiger partial charge in [-0.25, -0.2) is 9.38 Å². The number of aliphatic imine (C=N–C) groups is 1. The summed E-state index contributed by atoms with van der Waals surface area (Å²) >= 11 is 7.34. The Balaban J connectivity index is 1.95. The number of nitrogens with zero attached hydrogens (tertiary/aromatic N) is 4. The Kier molecular flexibility index (Phi) is 5.93. The summed E-state index contributed by atoms with van der Waals surface area (Å²) in [6.45, 7) is 1.86. The normalized spacial score (nSPS) is 10.9. The molecule has 0 N–H and O–H groups in total. The van der Waals surface area contributed by atoms with Crippen LogP contribution in [0.3, 0.4) is 0 Å². The van der Waals surface area contributed by atoms with Crippen LogP contribution in [0.4, 0.5) is 10.1 Å². The zero-order valence-corrected chi connectivity index (χ0v) is 17.0. The number of aromatic nitrogens is 1. The summed E-state index contributed by atoms with van der Waals surface area (Å²) in [6, 6.07) is 11.5. The summed E-state index contributed by atoms with van der Waals surface area (Å²) in [7, 11) is 3.73. The standard InChI is InChI=1S/C20H16ClFN4OS/c1-12-7-17(24-11-26(2)3)16(21)9-18(12)27-20-15(10-23)19(25-28-20)13-5-4-6-14(22)8-13/h4-9,11H,1-3H3/b24-11-. The summed E-state index contributed by atoms with van der Waals surface area (Å²) in [5.41, 5.74) is 2.58. The molecular formula is C20H16ClFN4OS. The first-order chi connectivity index (χ1) is 13.4. The van der Waals surface area contributed by atoms with Crippen LogP contribution in [0, 0.1) is 24.1 Å². The van der Waals surface area contributed by atoms with E-state index in [9.17, 15) is 9.65 Å². The van der Waals surface area contributed by atoms with Crippen molar-refractivity contribution in [2.45, 2.75) is 6.92 Å². The summed E-state index contributed by atoms with van der Waals surface area (Å²) in [4.78, 5) is 6.12. The minimum atomic E-state index is -0.395. The van der Waals surface area contributed by atoms with Gasteiger partial charge in [0.25, 0.3) is 0 Å². The predicted octanol–water partition coefficient (Wildman–Crippen LogP) is 5.80. The minimum Gasteiger partial charge on any atom is -0.443 e. The second-order valence-electron chi connectivity index (χ2n) is 6.20. The number of ether oxygens (including phenoxy) is 1. The smallest absolute Gasteiger partial charge is 0.218 e. The molecule has 0 aliphatic carbocycles. The van der Waals surface area contributed by atoms with Crippen LogP contribution in [0.25, 0.3) is 11.3 Å². The SMILES string of the molecule is Cc1cc(/N=C\N(C)C)c(Cl)cc1Oc1snc(-c2cccc(F)c2)c1C#N. The van der Waals surface area contributed by atoms with Crippen LogP contribution < -0.4 is 4.74 Å². The maximum Gasteiger partial charge on any atom is 0.218 e. The zero-order valence-electron chi connectivity index (χ0n) is 15.4. The van der Waals surface area contributed by atoms with E-state index in [4.69, 9.17) is 16.3 Å². The highest BCUT2D eigenvalue weighted by Gasteiger charge is 2.19. The summed E-state index contributed by atoms with van der Waals surface area (Å²) in [5, 5.41) is 10.3. The lowest BCUT2D eigenvalue weighted by Gasteiger charge is -2.10. The van der Waals surface area contributed by atoms with E-state index in [1.165, 1.54) is 12.1 Å². The molecule has 0 unspecified atom stereocenters. The summed E-state index contributed by atoms with van der Waals surface area (Å²) in [5.74, 6) is 0.105. The topological polar surface area (TPSA) is 61.5 Å². The van der Waals surface area contributed by atoms with E-state index in [0.717, 1.165) is 17.1 Å². The van der Waals surface area contributed by atoms with Crippen LogP contribution >= 0.6 is 23.1 Å². The highest BCUT2D eigenvalue weighted by atomic mass is 35.5. The monoisotopic (exact) mass is 414 g/mol. The molecule has 0 radical (unpaired) electrons. The molecule has 0 spiro atoms. The van der Waals surface area contributed by atoms with E-state index in [1.807, 2.05) is 21.0 Å². The largest absolute Gasteiger partial charge is 0.443 e. The number of hydrogen-bond donors (Lipinski definition) is 0. The van der Waals surface area contributed by atoms with Crippen LogP contribution in [0.15, 0.2) is 41.4 Å². The van der Waals surface area contributed by atoms with Gasteiger partial charge in [-0.2, -0.15) is 9.64 Å². The molecule has 0 atom stereocenters. The van der Waals surface area contributed by atoms with E-state index < -0.39 is 5.82 Å². The minimum absolute atomic E-state index is 0.251. The first-order valence-electron chi connectivity index (χ1n) is 8.23. The Hall–Kier alpha value is -2.95. The molecule has 0 saturated carbocycles. The molecule has 0 amide bonds. The molecule has 28 heavy (non-hydrogen) atoms. The van der Waals surface area contributed by atoms with Gasteiger partial charge < -0.3 is 9.64 Å². The second-order valence-corrected chi connectivity index (χ2v) is 7.34. The highest BCUT2D eigenvalue weighted by Crippen LogP contribution is 2.40. The lowest BCUT2D eigenvalue weighted by atomic mass is 10.1. The first-order valence-corrected chi connectivity index (χ1v) is 9.38. The van der Waals surface area contributed by atoms with Crippen molar-refractivity contribution >= 4 is 35.2 Å². The van der Waals surface area contributed by atoms with E-state index in [2.05, 4.69) is 15.4 Å². The molecule has 0 aliphatic heterocycles. The average molecular weight is 415 g/mol. The van der Waals surface area contributed by atoms with E-state index in [1.54, 1.807) is 35.5 Å². The van der Waals surface area contributed by atoms with Crippen LogP contribution in [0.5, 0.6) is 10.8 Å². The Bertz CT molecular complexity index is 1090. The molecule has 3 aromatic rings. The fraction of sp³-hybridized carbons (Fsp3) is 0.150. The van der Waals surface area contributed by atoms with Crippen molar-refractivity contribution in [2.24, 2.45) is 4.99 Å². The fourth-order valence-electron chi connectivity index (χ4n) is 2.41. The van der Waals surface area contributed by atoms with Gasteiger partial charge in [0.2, 0.25) is 5.06 Å². The van der Waals surface area contributed by atoms with E-state index in [-0.39, 0.29) is 5.56 Å². The molecule has 1 aromatic heterocycles. The van der Waals surface area contributed by atoms with Crippen molar-refractivity contribution in [3.05, 3.63) is 58.4 Å². The van der Waals surface area contributed by atoms with Gasteiger partial charge in [0.15, 0.2) is 0 Å². The van der Waals surface area contributed by atoms with Gasteiger partial charge in [0.1, 0.15) is 28.9 Å². The van der Waals surface area contributed by atoms with Gasteiger partial charge in [0.05, 0.1) is 17.0 Å². The number of nitriles is 1. The summed E-state index contributed by atoms with van der Waals surface area (Å²) in [6.07, 6.45) is 1.66. The highest BCUT2D eigenvalue weighted by molar-refractivity contribution is 7.08. The number of hydrogen-bond acceptors (Lipinski definition) is 5. The maximum atomic E-state index is 13.5. The number of benzene rings is 2. The van der Waals surface area contributed by atoms with Gasteiger partial charge in [-0.1, -0.05) is 23.7 Å². The third-order valence-corrected chi connectivity index (χ3v) is 4.78. The van der Waals surface area contributed by atoms with Crippen molar-refractivity contribution in [1.82, 2.24) is 9.27 Å². The van der Waals surface area contributed by atoms with Gasteiger partial charge in [-0.3, -0.25) is 0 Å². The number of rotatable bonds is 5. The lowest BCUT2D eigenvalue weighted by Crippen LogP contribution is -2.07. The van der Waals surface area contributed by atoms with Crippen molar-refractivity contribution in [3.8, 4) is 28.1 Å². The van der Waals surface area contributed by atoms with Crippen molar-refractivity contribution in [3.63, 3.8) is 0 Å². The molecule has 0 saturated heterocycles. The quantitative estimate of drug-likeness (QED) is 0.391. The molecule has 5 nitrogen and oxygen atoms in total. The van der Waals surface area contributed by atoms with E-state index in [0.29, 0.717) is 32.8 Å². The predicted molar refractivity (Wildman–Crippen MR) is 110 cm³/mol. The number of halogens is 2. The average Bonchev–Trinajstić information content (AvgIpc) is 3.05. The Morgan fingerprint density at radius 1 is 1.32 bits per heavy atom. The van der Waals surface area contributed by atoms with Crippen LogP contribution in [0.2, 0.25) is 5.02 Å². The molecule has 2 aromatic carbocycles. The number of aryl methyl sites for hydroxylation is 1. The summed E-state index contributed by atoms with van der Waals surface area (Å²) < 4.78 is 23.7. The van der Waals surface area contributed by atoms with Crippen LogP contribution in [-0.4, -0.2) is 29.7 Å². The second kappa shape index (κ2) is 8.38. The Morgan fingerprint density at radius 2 is 2.11 bits per heavy atom. The molecule has 8 heteroatoms. The van der Waals surface area contributed by atoms with Crippen molar-refractivity contribution in [2.75, 3.05) is 14.1 Å². The van der Waals surface area contributed by atoms with Gasteiger partial charge in [-0.15, -0.1) is 0 Å². The van der Waals surface area contributed by atoms with Crippen LogP contribution in [0.1, 0.15) is 11.1 Å². The maximum absolute atomic E-state index is 13.5. The first kappa shape index (κ1) is 19.8. The third kappa shape index (κ3) is 4.30. The fourth-order valence-corrected chi connectivity index (χ4v) is 3.34. The van der Waals surface area contributed by atoms with Gasteiger partial charge in [-0.05, 0) is 30.7 Å². The molecular weight excluding hydrogens is 399 g/mol. The van der Waals surface area contributed by atoms with Crippen molar-refractivity contribution < 1.29 is 9.13 Å².